The smallest absolute Gasteiger partial charge is 0.347 e. The first-order valence-electron chi connectivity index (χ1n) is 7.77. The first-order valence-corrected chi connectivity index (χ1v) is 7.77. The van der Waals surface area contributed by atoms with Crippen molar-refractivity contribution < 1.29 is 19.0 Å². The average molecular weight is 323 g/mol. The van der Waals surface area contributed by atoms with Gasteiger partial charge in [-0.1, -0.05) is 12.1 Å². The Kier molecular flexibility index (Phi) is 4.66. The number of benzene rings is 2. The minimum Gasteiger partial charge on any atom is -0.493 e. The van der Waals surface area contributed by atoms with Gasteiger partial charge in [0, 0.05) is 6.07 Å². The molecule has 0 N–H and O–H groups in total. The molecule has 0 unspecified atom stereocenters. The van der Waals surface area contributed by atoms with Gasteiger partial charge < -0.3 is 14.2 Å². The molecule has 1 saturated carbocycles. The van der Waals surface area contributed by atoms with Crippen LogP contribution in [0.2, 0.25) is 0 Å². The summed E-state index contributed by atoms with van der Waals surface area (Å²) in [4.78, 5) is 12.5. The molecule has 0 spiro atoms. The van der Waals surface area contributed by atoms with Crippen molar-refractivity contribution >= 4 is 5.97 Å². The number of esters is 1. The lowest BCUT2D eigenvalue weighted by Crippen LogP contribution is -2.25. The van der Waals surface area contributed by atoms with E-state index >= 15 is 0 Å². The number of para-hydroxylation sites is 1. The number of nitrogens with zero attached hydrogens (tertiary/aromatic N) is 1. The third-order valence-corrected chi connectivity index (χ3v) is 3.95. The summed E-state index contributed by atoms with van der Waals surface area (Å²) in [5.74, 6) is 0.604. The Hall–Kier alpha value is -3.00. The predicted molar refractivity (Wildman–Crippen MR) is 87.4 cm³/mol. The molecule has 1 aliphatic carbocycles. The molecule has 1 fully saturated rings. The molecule has 0 heterocycles. The van der Waals surface area contributed by atoms with Crippen LogP contribution in [0, 0.1) is 11.3 Å². The third kappa shape index (κ3) is 3.33. The summed E-state index contributed by atoms with van der Waals surface area (Å²) in [6.07, 6.45) is 3.34. The zero-order valence-corrected chi connectivity index (χ0v) is 13.3. The van der Waals surface area contributed by atoms with E-state index in [1.54, 1.807) is 30.3 Å². The Morgan fingerprint density at radius 3 is 2.58 bits per heavy atom. The van der Waals surface area contributed by atoms with E-state index in [0.29, 0.717) is 22.6 Å². The van der Waals surface area contributed by atoms with E-state index in [1.165, 1.54) is 13.2 Å². The van der Waals surface area contributed by atoms with Crippen molar-refractivity contribution in [3.05, 3.63) is 53.6 Å². The van der Waals surface area contributed by atoms with E-state index in [9.17, 15) is 4.79 Å². The van der Waals surface area contributed by atoms with Crippen molar-refractivity contribution in [1.29, 1.82) is 5.26 Å². The van der Waals surface area contributed by atoms with Crippen LogP contribution in [0.1, 0.15) is 35.2 Å². The number of ether oxygens (including phenoxy) is 3. The van der Waals surface area contributed by atoms with Crippen molar-refractivity contribution in [3.63, 3.8) is 0 Å². The molecule has 0 saturated heterocycles. The van der Waals surface area contributed by atoms with Crippen molar-refractivity contribution in [2.45, 2.75) is 25.4 Å². The van der Waals surface area contributed by atoms with E-state index in [-0.39, 0.29) is 11.9 Å². The second kappa shape index (κ2) is 7.05. The van der Waals surface area contributed by atoms with Gasteiger partial charge >= 0.3 is 5.97 Å². The van der Waals surface area contributed by atoms with Crippen molar-refractivity contribution in [3.8, 4) is 23.3 Å². The highest BCUT2D eigenvalue weighted by atomic mass is 16.6. The Morgan fingerprint density at radius 2 is 1.92 bits per heavy atom. The van der Waals surface area contributed by atoms with Gasteiger partial charge in [0.25, 0.3) is 0 Å². The molecule has 2 aromatic rings. The summed E-state index contributed by atoms with van der Waals surface area (Å²) in [6.45, 7) is 0. The number of hydrogen-bond donors (Lipinski definition) is 0. The summed E-state index contributed by atoms with van der Waals surface area (Å²) >= 11 is 0. The standard InChI is InChI=1S/C19H17NO4/c1-22-18-11-13(12-20)9-10-17(18)24-19(21)15-7-2-3-8-16(15)23-14-5-4-6-14/h2-3,7-11,14H,4-6H2,1H3. The number of rotatable bonds is 5. The van der Waals surface area contributed by atoms with Crippen LogP contribution >= 0.6 is 0 Å². The number of carbonyl (C=O) groups is 1. The Bertz CT molecular complexity index is 790. The van der Waals surface area contributed by atoms with Gasteiger partial charge in [-0.15, -0.1) is 0 Å². The maximum atomic E-state index is 12.5. The molecular weight excluding hydrogens is 306 g/mol. The van der Waals surface area contributed by atoms with Gasteiger partial charge in [0.1, 0.15) is 11.3 Å². The molecule has 0 amide bonds. The molecule has 5 heteroatoms. The molecule has 122 valence electrons. The maximum Gasteiger partial charge on any atom is 0.347 e. The summed E-state index contributed by atoms with van der Waals surface area (Å²) in [5.41, 5.74) is 0.802. The van der Waals surface area contributed by atoms with Gasteiger partial charge in [-0.25, -0.2) is 4.79 Å². The van der Waals surface area contributed by atoms with Crippen molar-refractivity contribution in [2.75, 3.05) is 7.11 Å². The van der Waals surface area contributed by atoms with Crippen LogP contribution in [0.15, 0.2) is 42.5 Å². The van der Waals surface area contributed by atoms with Crippen molar-refractivity contribution in [1.82, 2.24) is 0 Å². The minimum absolute atomic E-state index is 0.170. The fourth-order valence-corrected chi connectivity index (χ4v) is 2.38. The largest absolute Gasteiger partial charge is 0.493 e. The average Bonchev–Trinajstić information content (AvgIpc) is 2.58. The third-order valence-electron chi connectivity index (χ3n) is 3.95. The van der Waals surface area contributed by atoms with Gasteiger partial charge in [-0.05, 0) is 43.5 Å². The quantitative estimate of drug-likeness (QED) is 0.619. The van der Waals surface area contributed by atoms with E-state index in [2.05, 4.69) is 0 Å². The van der Waals surface area contributed by atoms with E-state index in [4.69, 9.17) is 19.5 Å². The van der Waals surface area contributed by atoms with Gasteiger partial charge in [-0.3, -0.25) is 0 Å². The van der Waals surface area contributed by atoms with Crippen LogP contribution in [-0.2, 0) is 0 Å². The Balaban J connectivity index is 1.81. The number of carbonyl (C=O) groups excluding carboxylic acids is 1. The molecule has 0 aliphatic heterocycles. The second-order valence-corrected chi connectivity index (χ2v) is 5.53. The highest BCUT2D eigenvalue weighted by Gasteiger charge is 2.23. The minimum atomic E-state index is -0.520. The molecule has 0 bridgehead atoms. The highest BCUT2D eigenvalue weighted by Crippen LogP contribution is 2.31. The molecular formula is C19H17NO4. The molecule has 2 aromatic carbocycles. The zero-order valence-electron chi connectivity index (χ0n) is 13.3. The monoisotopic (exact) mass is 323 g/mol. The zero-order chi connectivity index (χ0) is 16.9. The van der Waals surface area contributed by atoms with Crippen LogP contribution in [0.25, 0.3) is 0 Å². The maximum absolute atomic E-state index is 12.5. The van der Waals surface area contributed by atoms with Gasteiger partial charge in [-0.2, -0.15) is 5.26 Å². The molecule has 0 aromatic heterocycles. The topological polar surface area (TPSA) is 68.5 Å². The number of hydrogen-bond acceptors (Lipinski definition) is 5. The van der Waals surface area contributed by atoms with Crippen molar-refractivity contribution in [2.24, 2.45) is 0 Å². The molecule has 0 atom stereocenters. The Labute approximate surface area is 140 Å². The van der Waals surface area contributed by atoms with Crippen LogP contribution in [0.3, 0.4) is 0 Å². The lowest BCUT2D eigenvalue weighted by molar-refractivity contribution is 0.0712. The predicted octanol–water partition coefficient (Wildman–Crippen LogP) is 3.72. The lowest BCUT2D eigenvalue weighted by atomic mass is 9.96. The second-order valence-electron chi connectivity index (χ2n) is 5.53. The van der Waals surface area contributed by atoms with E-state index in [0.717, 1.165) is 19.3 Å². The summed E-state index contributed by atoms with van der Waals surface area (Å²) in [5, 5.41) is 8.93. The summed E-state index contributed by atoms with van der Waals surface area (Å²) in [6, 6.07) is 13.7. The molecule has 1 aliphatic rings. The fourth-order valence-electron chi connectivity index (χ4n) is 2.38. The van der Waals surface area contributed by atoms with Crippen LogP contribution in [0.4, 0.5) is 0 Å². The molecule has 24 heavy (non-hydrogen) atoms. The van der Waals surface area contributed by atoms with E-state index in [1.807, 2.05) is 12.1 Å². The van der Waals surface area contributed by atoms with E-state index < -0.39 is 5.97 Å². The summed E-state index contributed by atoms with van der Waals surface area (Å²) < 4.78 is 16.5. The molecule has 3 rings (SSSR count). The number of methoxy groups -OCH3 is 1. The normalized spacial score (nSPS) is 13.5. The highest BCUT2D eigenvalue weighted by molar-refractivity contribution is 5.94. The molecule has 5 nitrogen and oxygen atoms in total. The van der Waals surface area contributed by atoms with Gasteiger partial charge in [0.15, 0.2) is 11.5 Å². The van der Waals surface area contributed by atoms with Gasteiger partial charge in [0.2, 0.25) is 0 Å². The SMILES string of the molecule is COc1cc(C#N)ccc1OC(=O)c1ccccc1OC1CCC1. The van der Waals surface area contributed by atoms with Crippen LogP contribution in [0.5, 0.6) is 17.2 Å². The number of nitriles is 1. The fraction of sp³-hybridized carbons (Fsp3) is 0.263. The first kappa shape index (κ1) is 15.9. The lowest BCUT2D eigenvalue weighted by Gasteiger charge is -2.27. The van der Waals surface area contributed by atoms with Crippen LogP contribution in [-0.4, -0.2) is 19.2 Å². The van der Waals surface area contributed by atoms with Crippen LogP contribution < -0.4 is 14.2 Å². The molecule has 0 radical (unpaired) electrons. The first-order chi connectivity index (χ1) is 11.7. The van der Waals surface area contributed by atoms with Gasteiger partial charge in [0.05, 0.1) is 24.8 Å². The summed E-state index contributed by atoms with van der Waals surface area (Å²) in [7, 11) is 1.46. The Morgan fingerprint density at radius 1 is 1.12 bits per heavy atom.